The molecule has 4 heterocycles. The first-order valence-corrected chi connectivity index (χ1v) is 13.6. The van der Waals surface area contributed by atoms with E-state index in [2.05, 4.69) is 5.32 Å². The van der Waals surface area contributed by atoms with E-state index < -0.39 is 0 Å². The number of hydrogen-bond acceptors (Lipinski definition) is 8. The summed E-state index contributed by atoms with van der Waals surface area (Å²) in [7, 11) is 0. The summed E-state index contributed by atoms with van der Waals surface area (Å²) in [6.45, 7) is 4.43. The Kier molecular flexibility index (Phi) is 6.58. The molecule has 8 nitrogen and oxygen atoms in total. The van der Waals surface area contributed by atoms with Crippen molar-refractivity contribution in [3.8, 4) is 11.5 Å². The Morgan fingerprint density at radius 1 is 1.10 bits per heavy atom. The predicted octanol–water partition coefficient (Wildman–Crippen LogP) is 5.31. The molecule has 39 heavy (non-hydrogen) atoms. The van der Waals surface area contributed by atoms with Crippen LogP contribution >= 0.6 is 24.0 Å². The molecule has 196 valence electrons. The Balaban J connectivity index is 1.37. The molecule has 1 fully saturated rings. The van der Waals surface area contributed by atoms with Crippen LogP contribution in [0.4, 0.5) is 5.82 Å². The lowest BCUT2D eigenvalue weighted by Crippen LogP contribution is -2.31. The van der Waals surface area contributed by atoms with Crippen LogP contribution in [0.25, 0.3) is 11.7 Å². The second-order valence-corrected chi connectivity index (χ2v) is 11.0. The fraction of sp³-hybridized carbons (Fsp3) is 0.172. The van der Waals surface area contributed by atoms with Crippen LogP contribution in [-0.4, -0.2) is 31.3 Å². The minimum absolute atomic E-state index is 0.194. The molecule has 4 aromatic rings. The summed E-state index contributed by atoms with van der Waals surface area (Å²) in [4.78, 5) is 34.0. The van der Waals surface area contributed by atoms with Gasteiger partial charge in [-0.25, -0.2) is 4.98 Å². The lowest BCUT2D eigenvalue weighted by atomic mass is 10.1. The van der Waals surface area contributed by atoms with Gasteiger partial charge >= 0.3 is 0 Å². The molecule has 0 aliphatic carbocycles. The smallest absolute Gasteiger partial charge is 0.267 e. The number of rotatable bonds is 6. The van der Waals surface area contributed by atoms with E-state index in [1.165, 1.54) is 16.2 Å². The zero-order valence-corrected chi connectivity index (χ0v) is 22.8. The van der Waals surface area contributed by atoms with Gasteiger partial charge in [-0.1, -0.05) is 66.4 Å². The van der Waals surface area contributed by atoms with E-state index in [0.29, 0.717) is 38.7 Å². The zero-order valence-electron chi connectivity index (χ0n) is 21.2. The number of benzene rings is 2. The van der Waals surface area contributed by atoms with Crippen molar-refractivity contribution in [2.45, 2.75) is 26.4 Å². The van der Waals surface area contributed by atoms with Crippen molar-refractivity contribution in [3.05, 3.63) is 104 Å². The third-order valence-corrected chi connectivity index (χ3v) is 8.00. The van der Waals surface area contributed by atoms with Crippen molar-refractivity contribution in [1.82, 2.24) is 14.3 Å². The number of thioether (sulfide) groups is 1. The molecule has 2 aliphatic heterocycles. The molecule has 10 heteroatoms. The van der Waals surface area contributed by atoms with E-state index in [1.54, 1.807) is 23.2 Å². The SMILES string of the molecule is Cc1ccc2nc(NCc3ccc4c(c3)OCO4)c(C=C3SC(=S)N(C(C)c4ccccc4)C3=O)c(=O)n2c1. The Labute approximate surface area is 234 Å². The van der Waals surface area contributed by atoms with Gasteiger partial charge in [-0.15, -0.1) is 0 Å². The number of thiocarbonyl (C=S) groups is 1. The summed E-state index contributed by atoms with van der Waals surface area (Å²) in [5.41, 5.74) is 3.33. The number of nitrogens with zero attached hydrogens (tertiary/aromatic N) is 3. The van der Waals surface area contributed by atoms with Crippen LogP contribution in [-0.2, 0) is 11.3 Å². The van der Waals surface area contributed by atoms with Gasteiger partial charge in [0.2, 0.25) is 6.79 Å². The zero-order chi connectivity index (χ0) is 27.1. The van der Waals surface area contributed by atoms with E-state index in [0.717, 1.165) is 16.7 Å². The van der Waals surface area contributed by atoms with Gasteiger partial charge in [0, 0.05) is 12.7 Å². The lowest BCUT2D eigenvalue weighted by molar-refractivity contribution is -0.123. The average Bonchev–Trinajstić information content (AvgIpc) is 3.52. The molecule has 1 atom stereocenters. The number of fused-ring (bicyclic) bond motifs is 2. The summed E-state index contributed by atoms with van der Waals surface area (Å²) >= 11 is 6.78. The predicted molar refractivity (Wildman–Crippen MR) is 156 cm³/mol. The van der Waals surface area contributed by atoms with Crippen LogP contribution in [0.5, 0.6) is 11.5 Å². The van der Waals surface area contributed by atoms with Gasteiger partial charge in [-0.3, -0.25) is 18.9 Å². The van der Waals surface area contributed by atoms with Crippen LogP contribution in [0.2, 0.25) is 0 Å². The summed E-state index contributed by atoms with van der Waals surface area (Å²) in [5, 5.41) is 3.30. The number of nitrogens with one attached hydrogen (secondary N) is 1. The Bertz CT molecular complexity index is 1720. The molecule has 6 rings (SSSR count). The van der Waals surface area contributed by atoms with Crippen LogP contribution in [0.15, 0.2) is 76.6 Å². The molecule has 0 radical (unpaired) electrons. The molecule has 1 saturated heterocycles. The summed E-state index contributed by atoms with van der Waals surface area (Å²) in [6.07, 6.45) is 3.34. The lowest BCUT2D eigenvalue weighted by Gasteiger charge is -2.23. The molecular formula is C29H24N4O4S2. The molecule has 2 aromatic heterocycles. The van der Waals surface area contributed by atoms with Crippen molar-refractivity contribution in [2.24, 2.45) is 0 Å². The van der Waals surface area contributed by atoms with Gasteiger partial charge in [-0.2, -0.15) is 0 Å². The molecule has 1 amide bonds. The van der Waals surface area contributed by atoms with Crippen molar-refractivity contribution < 1.29 is 14.3 Å². The Morgan fingerprint density at radius 3 is 2.72 bits per heavy atom. The maximum absolute atomic E-state index is 13.7. The Hall–Kier alpha value is -4.15. The van der Waals surface area contributed by atoms with E-state index in [-0.39, 0.29) is 29.9 Å². The van der Waals surface area contributed by atoms with Crippen LogP contribution in [0.1, 0.15) is 35.2 Å². The number of amides is 1. The first kappa shape index (κ1) is 25.1. The van der Waals surface area contributed by atoms with Gasteiger partial charge in [0.15, 0.2) is 11.5 Å². The molecule has 2 aliphatic rings. The highest BCUT2D eigenvalue weighted by atomic mass is 32.2. The number of ether oxygens (including phenoxy) is 2. The van der Waals surface area contributed by atoms with Gasteiger partial charge in [0.05, 0.1) is 16.5 Å². The number of hydrogen-bond donors (Lipinski definition) is 1. The summed E-state index contributed by atoms with van der Waals surface area (Å²) in [5.74, 6) is 1.51. The van der Waals surface area contributed by atoms with Crippen molar-refractivity contribution >= 4 is 51.7 Å². The highest BCUT2D eigenvalue weighted by Gasteiger charge is 2.36. The second kappa shape index (κ2) is 10.2. The quantitative estimate of drug-likeness (QED) is 0.253. The molecular weight excluding hydrogens is 532 g/mol. The number of carbonyl (C=O) groups excluding carboxylic acids is 1. The first-order chi connectivity index (χ1) is 18.9. The average molecular weight is 557 g/mol. The van der Waals surface area contributed by atoms with E-state index in [1.807, 2.05) is 68.4 Å². The largest absolute Gasteiger partial charge is 0.454 e. The van der Waals surface area contributed by atoms with E-state index >= 15 is 0 Å². The van der Waals surface area contributed by atoms with Crippen LogP contribution in [0, 0.1) is 6.92 Å². The van der Waals surface area contributed by atoms with Gasteiger partial charge in [0.25, 0.3) is 11.5 Å². The maximum atomic E-state index is 13.7. The van der Waals surface area contributed by atoms with E-state index in [4.69, 9.17) is 26.7 Å². The molecule has 0 saturated carbocycles. The monoisotopic (exact) mass is 556 g/mol. The van der Waals surface area contributed by atoms with Crippen LogP contribution in [0.3, 0.4) is 0 Å². The fourth-order valence-corrected chi connectivity index (χ4v) is 5.99. The minimum Gasteiger partial charge on any atom is -0.454 e. The number of pyridine rings is 1. The van der Waals surface area contributed by atoms with Crippen molar-refractivity contribution in [3.63, 3.8) is 0 Å². The van der Waals surface area contributed by atoms with Crippen molar-refractivity contribution in [2.75, 3.05) is 12.1 Å². The third kappa shape index (κ3) is 4.77. The highest BCUT2D eigenvalue weighted by Crippen LogP contribution is 2.38. The number of carbonyl (C=O) groups is 1. The number of anilines is 1. The topological polar surface area (TPSA) is 85.2 Å². The number of aryl methyl sites for hydroxylation is 1. The number of aromatic nitrogens is 2. The molecule has 2 aromatic carbocycles. The fourth-order valence-electron chi connectivity index (χ4n) is 4.59. The van der Waals surface area contributed by atoms with Gasteiger partial charge in [0.1, 0.15) is 15.8 Å². The van der Waals surface area contributed by atoms with Gasteiger partial charge < -0.3 is 14.8 Å². The standard InChI is InChI=1S/C29H24N4O4S2/c1-17-8-11-25-31-26(30-14-19-9-10-22-23(12-19)37-16-36-22)21(27(34)32(25)15-17)13-24-28(35)33(29(38)39-24)18(2)20-6-4-3-5-7-20/h3-13,15,18,30H,14,16H2,1-2H3. The Morgan fingerprint density at radius 2 is 1.90 bits per heavy atom. The molecule has 0 spiro atoms. The summed E-state index contributed by atoms with van der Waals surface area (Å²) < 4.78 is 12.8. The van der Waals surface area contributed by atoms with Gasteiger partial charge in [-0.05, 0) is 54.8 Å². The second-order valence-electron chi connectivity index (χ2n) is 9.29. The third-order valence-electron chi connectivity index (χ3n) is 6.67. The molecule has 1 N–H and O–H groups in total. The van der Waals surface area contributed by atoms with E-state index in [9.17, 15) is 9.59 Å². The maximum Gasteiger partial charge on any atom is 0.267 e. The van der Waals surface area contributed by atoms with Crippen molar-refractivity contribution in [1.29, 1.82) is 0 Å². The van der Waals surface area contributed by atoms with Crippen LogP contribution < -0.4 is 20.3 Å². The first-order valence-electron chi connectivity index (χ1n) is 12.4. The molecule has 0 bridgehead atoms. The minimum atomic E-state index is -0.279. The highest BCUT2D eigenvalue weighted by molar-refractivity contribution is 8.26. The molecule has 1 unspecified atom stereocenters. The normalized spacial score (nSPS) is 16.4. The summed E-state index contributed by atoms with van der Waals surface area (Å²) in [6, 6.07) is 18.8.